The molecule has 1 atom stereocenters. The van der Waals surface area contributed by atoms with Crippen LogP contribution in [0.1, 0.15) is 6.92 Å². The molecule has 2 aliphatic heterocycles. The van der Waals surface area contributed by atoms with E-state index in [1.807, 2.05) is 6.92 Å². The van der Waals surface area contributed by atoms with Crippen molar-refractivity contribution in [2.24, 2.45) is 0 Å². The van der Waals surface area contributed by atoms with Gasteiger partial charge in [-0.1, -0.05) is 0 Å². The Morgan fingerprint density at radius 3 is 2.43 bits per heavy atom. The molecule has 6 nitrogen and oxygen atoms in total. The van der Waals surface area contributed by atoms with E-state index in [0.29, 0.717) is 13.1 Å². The number of urea groups is 1. The number of imide groups is 1. The summed E-state index contributed by atoms with van der Waals surface area (Å²) in [6.45, 7) is 6.13. The molecular formula is C16H22FN4O2+. The maximum atomic E-state index is 13.0. The Kier molecular flexibility index (Phi) is 4.47. The maximum Gasteiger partial charge on any atom is 0.324 e. The first-order valence-corrected chi connectivity index (χ1v) is 8.00. The van der Waals surface area contributed by atoms with Crippen LogP contribution in [-0.4, -0.2) is 62.1 Å². The highest BCUT2D eigenvalue weighted by Crippen LogP contribution is 2.14. The Hall–Kier alpha value is -2.15. The van der Waals surface area contributed by atoms with E-state index >= 15 is 0 Å². The molecule has 2 N–H and O–H groups in total. The largest absolute Gasteiger partial charge is 0.360 e. The monoisotopic (exact) mass is 321 g/mol. The van der Waals surface area contributed by atoms with E-state index in [9.17, 15) is 14.0 Å². The molecule has 0 unspecified atom stereocenters. The van der Waals surface area contributed by atoms with Gasteiger partial charge in [-0.25, -0.2) is 9.18 Å². The van der Waals surface area contributed by atoms with Crippen LogP contribution in [0.5, 0.6) is 0 Å². The molecule has 0 bridgehead atoms. The summed E-state index contributed by atoms with van der Waals surface area (Å²) in [6, 6.07) is 5.98. The Balaban J connectivity index is 1.56. The SMILES string of the molecule is C[C@@H](C(=O)N1CCNC1=O)[NH+]1CCN(c2ccc(F)cc2)CC1. The van der Waals surface area contributed by atoms with Gasteiger partial charge in [-0.15, -0.1) is 0 Å². The van der Waals surface area contributed by atoms with Crippen molar-refractivity contribution in [2.75, 3.05) is 44.2 Å². The number of carbonyl (C=O) groups excluding carboxylic acids is 2. The first-order chi connectivity index (χ1) is 11.1. The third kappa shape index (κ3) is 3.29. The molecule has 124 valence electrons. The van der Waals surface area contributed by atoms with Gasteiger partial charge in [-0.2, -0.15) is 0 Å². The number of hydrogen-bond acceptors (Lipinski definition) is 3. The minimum absolute atomic E-state index is 0.106. The van der Waals surface area contributed by atoms with E-state index in [2.05, 4.69) is 10.2 Å². The van der Waals surface area contributed by atoms with Gasteiger partial charge in [-0.05, 0) is 31.2 Å². The molecule has 0 saturated carbocycles. The van der Waals surface area contributed by atoms with Crippen LogP contribution in [0, 0.1) is 5.82 Å². The number of rotatable bonds is 3. The summed E-state index contributed by atoms with van der Waals surface area (Å²) < 4.78 is 13.0. The number of quaternary nitrogens is 1. The summed E-state index contributed by atoms with van der Waals surface area (Å²) in [6.07, 6.45) is 0. The summed E-state index contributed by atoms with van der Waals surface area (Å²) in [7, 11) is 0. The molecule has 0 aromatic heterocycles. The van der Waals surface area contributed by atoms with Crippen molar-refractivity contribution in [1.29, 1.82) is 0 Å². The van der Waals surface area contributed by atoms with Crippen molar-refractivity contribution < 1.29 is 18.9 Å². The van der Waals surface area contributed by atoms with Gasteiger partial charge in [0.2, 0.25) is 0 Å². The van der Waals surface area contributed by atoms with Gasteiger partial charge in [0.15, 0.2) is 6.04 Å². The fraction of sp³-hybridized carbons (Fsp3) is 0.500. The number of anilines is 1. The van der Waals surface area contributed by atoms with Gasteiger partial charge in [0.05, 0.1) is 26.2 Å². The number of benzene rings is 1. The van der Waals surface area contributed by atoms with Crippen molar-refractivity contribution in [3.05, 3.63) is 30.1 Å². The third-order valence-electron chi connectivity index (χ3n) is 4.70. The number of nitrogens with zero attached hydrogens (tertiary/aromatic N) is 2. The van der Waals surface area contributed by atoms with Crippen molar-refractivity contribution in [3.8, 4) is 0 Å². The molecular weight excluding hydrogens is 299 g/mol. The summed E-state index contributed by atoms with van der Waals surface area (Å²) in [5, 5.41) is 2.66. The summed E-state index contributed by atoms with van der Waals surface area (Å²) >= 11 is 0. The lowest BCUT2D eigenvalue weighted by Crippen LogP contribution is -3.19. The Morgan fingerprint density at radius 1 is 1.22 bits per heavy atom. The van der Waals surface area contributed by atoms with Crippen LogP contribution >= 0.6 is 0 Å². The van der Waals surface area contributed by atoms with Crippen molar-refractivity contribution in [1.82, 2.24) is 10.2 Å². The first-order valence-electron chi connectivity index (χ1n) is 8.00. The second kappa shape index (κ2) is 6.54. The van der Waals surface area contributed by atoms with Gasteiger partial charge in [0.25, 0.3) is 5.91 Å². The van der Waals surface area contributed by atoms with E-state index in [0.717, 1.165) is 31.9 Å². The van der Waals surface area contributed by atoms with E-state index in [1.165, 1.54) is 21.9 Å². The number of hydrogen-bond donors (Lipinski definition) is 2. The normalized spacial score (nSPS) is 20.5. The molecule has 0 spiro atoms. The van der Waals surface area contributed by atoms with Gasteiger partial charge in [0.1, 0.15) is 5.82 Å². The van der Waals surface area contributed by atoms with Crippen LogP contribution in [0.3, 0.4) is 0 Å². The van der Waals surface area contributed by atoms with Gasteiger partial charge < -0.3 is 15.1 Å². The molecule has 2 saturated heterocycles. The van der Waals surface area contributed by atoms with E-state index in [-0.39, 0.29) is 23.8 Å². The van der Waals surface area contributed by atoms with Crippen LogP contribution in [0.25, 0.3) is 0 Å². The lowest BCUT2D eigenvalue weighted by atomic mass is 10.2. The summed E-state index contributed by atoms with van der Waals surface area (Å²) in [4.78, 5) is 28.7. The molecule has 3 rings (SSSR count). The van der Waals surface area contributed by atoms with Gasteiger partial charge >= 0.3 is 6.03 Å². The van der Waals surface area contributed by atoms with Crippen LogP contribution in [0.15, 0.2) is 24.3 Å². The average Bonchev–Trinajstić information content (AvgIpc) is 3.00. The zero-order valence-corrected chi connectivity index (χ0v) is 13.2. The maximum absolute atomic E-state index is 13.0. The quantitative estimate of drug-likeness (QED) is 0.787. The van der Waals surface area contributed by atoms with Crippen LogP contribution in [-0.2, 0) is 4.79 Å². The van der Waals surface area contributed by atoms with Crippen molar-refractivity contribution in [3.63, 3.8) is 0 Å². The number of nitrogens with one attached hydrogen (secondary N) is 2. The molecule has 2 heterocycles. The zero-order valence-electron chi connectivity index (χ0n) is 13.2. The Labute approximate surface area is 134 Å². The molecule has 3 amide bonds. The lowest BCUT2D eigenvalue weighted by molar-refractivity contribution is -0.915. The minimum atomic E-state index is -0.286. The first kappa shape index (κ1) is 15.7. The minimum Gasteiger partial charge on any atom is -0.360 e. The van der Waals surface area contributed by atoms with Crippen LogP contribution in [0.2, 0.25) is 0 Å². The molecule has 0 aliphatic carbocycles. The van der Waals surface area contributed by atoms with Gasteiger partial charge in [0, 0.05) is 18.8 Å². The highest BCUT2D eigenvalue weighted by molar-refractivity contribution is 5.97. The highest BCUT2D eigenvalue weighted by Gasteiger charge is 2.36. The van der Waals surface area contributed by atoms with Gasteiger partial charge in [-0.3, -0.25) is 9.69 Å². The van der Waals surface area contributed by atoms with Crippen LogP contribution < -0.4 is 15.1 Å². The van der Waals surface area contributed by atoms with E-state index < -0.39 is 0 Å². The summed E-state index contributed by atoms with van der Waals surface area (Å²) in [5.41, 5.74) is 1.00. The number of halogens is 1. The van der Waals surface area contributed by atoms with Crippen molar-refractivity contribution in [2.45, 2.75) is 13.0 Å². The predicted molar refractivity (Wildman–Crippen MR) is 83.9 cm³/mol. The number of carbonyl (C=O) groups is 2. The number of amides is 3. The molecule has 2 aliphatic rings. The molecule has 7 heteroatoms. The molecule has 2 fully saturated rings. The summed E-state index contributed by atoms with van der Waals surface area (Å²) in [5.74, 6) is -0.341. The van der Waals surface area contributed by atoms with Crippen molar-refractivity contribution >= 4 is 17.6 Å². The Morgan fingerprint density at radius 2 is 1.87 bits per heavy atom. The standard InChI is InChI=1S/C16H21FN4O2/c1-12(15(22)21-7-6-18-16(21)23)19-8-10-20(11-9-19)14-4-2-13(17)3-5-14/h2-5,12H,6-11H2,1H3,(H,18,23)/p+1/t12-/m0/s1. The second-order valence-corrected chi connectivity index (χ2v) is 6.07. The van der Waals surface area contributed by atoms with E-state index in [1.54, 1.807) is 12.1 Å². The Bertz CT molecular complexity index is 584. The average molecular weight is 321 g/mol. The lowest BCUT2D eigenvalue weighted by Gasteiger charge is -2.36. The topological polar surface area (TPSA) is 57.1 Å². The molecule has 1 aromatic carbocycles. The van der Waals surface area contributed by atoms with Crippen LogP contribution in [0.4, 0.5) is 14.9 Å². The zero-order chi connectivity index (χ0) is 16.4. The second-order valence-electron chi connectivity index (χ2n) is 6.07. The smallest absolute Gasteiger partial charge is 0.324 e. The third-order valence-corrected chi connectivity index (χ3v) is 4.70. The fourth-order valence-electron chi connectivity index (χ4n) is 3.23. The molecule has 1 aromatic rings. The molecule has 23 heavy (non-hydrogen) atoms. The number of piperazine rings is 1. The fourth-order valence-corrected chi connectivity index (χ4v) is 3.23. The predicted octanol–water partition coefficient (Wildman–Crippen LogP) is -0.529. The highest BCUT2D eigenvalue weighted by atomic mass is 19.1. The molecule has 0 radical (unpaired) electrons. The van der Waals surface area contributed by atoms with E-state index in [4.69, 9.17) is 0 Å².